The van der Waals surface area contributed by atoms with Crippen LogP contribution in [0.5, 0.6) is 0 Å². The number of likely N-dealkylation sites (tertiary alicyclic amines) is 2. The lowest BCUT2D eigenvalue weighted by molar-refractivity contribution is -0.138. The normalized spacial score (nSPS) is 22.1. The van der Waals surface area contributed by atoms with Gasteiger partial charge in [0.15, 0.2) is 0 Å². The first kappa shape index (κ1) is 19.5. The van der Waals surface area contributed by atoms with E-state index in [1.807, 2.05) is 17.0 Å². The standard InChI is InChI=1S/C20H23F2N5O2/c1-25-12-15(16(24-25)17(21)22)18(28)27-9-2-5-20(13-27)6-10-26(19(20)29)11-14-3-7-23-8-4-14/h3-4,7-8,12,17H,2,5-6,9-11,13H2,1H3. The molecule has 1 spiro atoms. The van der Waals surface area contributed by atoms with Crippen LogP contribution < -0.4 is 0 Å². The molecular weight excluding hydrogens is 380 g/mol. The highest BCUT2D eigenvalue weighted by Crippen LogP contribution is 2.41. The van der Waals surface area contributed by atoms with Crippen LogP contribution >= 0.6 is 0 Å². The zero-order chi connectivity index (χ0) is 20.6. The van der Waals surface area contributed by atoms with Crippen molar-refractivity contribution in [2.75, 3.05) is 19.6 Å². The molecule has 154 valence electrons. The van der Waals surface area contributed by atoms with Crippen molar-refractivity contribution >= 4 is 11.8 Å². The number of halogens is 2. The summed E-state index contributed by atoms with van der Waals surface area (Å²) in [7, 11) is 1.51. The van der Waals surface area contributed by atoms with Crippen molar-refractivity contribution in [2.24, 2.45) is 12.5 Å². The van der Waals surface area contributed by atoms with Crippen LogP contribution in [0.15, 0.2) is 30.7 Å². The van der Waals surface area contributed by atoms with Crippen LogP contribution in [0.2, 0.25) is 0 Å². The maximum atomic E-state index is 13.3. The molecule has 7 nitrogen and oxygen atoms in total. The van der Waals surface area contributed by atoms with Crippen LogP contribution in [0.3, 0.4) is 0 Å². The third-order valence-electron chi connectivity index (χ3n) is 5.88. The molecule has 1 atom stereocenters. The second-order valence-corrected chi connectivity index (χ2v) is 7.85. The lowest BCUT2D eigenvalue weighted by Gasteiger charge is -2.39. The largest absolute Gasteiger partial charge is 0.338 e. The number of aryl methyl sites for hydroxylation is 1. The van der Waals surface area contributed by atoms with E-state index in [1.54, 1.807) is 17.3 Å². The molecule has 0 aliphatic carbocycles. The van der Waals surface area contributed by atoms with Gasteiger partial charge in [0.1, 0.15) is 5.69 Å². The Labute approximate surface area is 167 Å². The summed E-state index contributed by atoms with van der Waals surface area (Å²) in [6, 6.07) is 3.76. The number of carbonyl (C=O) groups excluding carboxylic acids is 2. The molecular formula is C20H23F2N5O2. The van der Waals surface area contributed by atoms with E-state index >= 15 is 0 Å². The molecule has 2 aromatic rings. The summed E-state index contributed by atoms with van der Waals surface area (Å²) >= 11 is 0. The summed E-state index contributed by atoms with van der Waals surface area (Å²) < 4.78 is 27.8. The van der Waals surface area contributed by atoms with E-state index < -0.39 is 23.4 Å². The third kappa shape index (κ3) is 3.61. The Morgan fingerprint density at radius 2 is 2.00 bits per heavy atom. The number of hydrogen-bond acceptors (Lipinski definition) is 4. The molecule has 2 saturated heterocycles. The van der Waals surface area contributed by atoms with Crippen LogP contribution in [0.4, 0.5) is 8.78 Å². The van der Waals surface area contributed by atoms with Gasteiger partial charge in [-0.2, -0.15) is 5.10 Å². The maximum absolute atomic E-state index is 13.3. The Morgan fingerprint density at radius 3 is 2.72 bits per heavy atom. The fourth-order valence-corrected chi connectivity index (χ4v) is 4.44. The van der Waals surface area contributed by atoms with Crippen LogP contribution in [0.25, 0.3) is 0 Å². The first-order chi connectivity index (χ1) is 13.9. The zero-order valence-corrected chi connectivity index (χ0v) is 16.2. The SMILES string of the molecule is Cn1cc(C(=O)N2CCCC3(CCN(Cc4ccncc4)C3=O)C2)c(C(F)F)n1. The van der Waals surface area contributed by atoms with Crippen LogP contribution in [-0.4, -0.2) is 56.0 Å². The summed E-state index contributed by atoms with van der Waals surface area (Å²) in [4.78, 5) is 33.5. The van der Waals surface area contributed by atoms with Crippen molar-refractivity contribution in [3.8, 4) is 0 Å². The van der Waals surface area contributed by atoms with Gasteiger partial charge in [0.05, 0.1) is 11.0 Å². The van der Waals surface area contributed by atoms with Gasteiger partial charge >= 0.3 is 0 Å². The van der Waals surface area contributed by atoms with Crippen molar-refractivity contribution in [3.63, 3.8) is 0 Å². The fourth-order valence-electron chi connectivity index (χ4n) is 4.44. The lowest BCUT2D eigenvalue weighted by Crippen LogP contribution is -2.49. The summed E-state index contributed by atoms with van der Waals surface area (Å²) in [5.41, 5.74) is -0.215. The third-order valence-corrected chi connectivity index (χ3v) is 5.88. The first-order valence-electron chi connectivity index (χ1n) is 9.69. The van der Waals surface area contributed by atoms with Gasteiger partial charge in [0, 0.05) is 51.8 Å². The molecule has 4 heterocycles. The van der Waals surface area contributed by atoms with Gasteiger partial charge in [-0.15, -0.1) is 0 Å². The van der Waals surface area contributed by atoms with Crippen LogP contribution in [0, 0.1) is 5.41 Å². The van der Waals surface area contributed by atoms with E-state index in [1.165, 1.54) is 17.9 Å². The Balaban J connectivity index is 1.51. The van der Waals surface area contributed by atoms with E-state index in [4.69, 9.17) is 0 Å². The maximum Gasteiger partial charge on any atom is 0.282 e. The molecule has 2 aliphatic rings. The van der Waals surface area contributed by atoms with Crippen LogP contribution in [0.1, 0.15) is 47.3 Å². The summed E-state index contributed by atoms with van der Waals surface area (Å²) in [6.07, 6.45) is 3.94. The van der Waals surface area contributed by atoms with E-state index in [0.717, 1.165) is 5.56 Å². The average Bonchev–Trinajstić information content (AvgIpc) is 3.24. The molecule has 0 N–H and O–H groups in total. The van der Waals surface area contributed by atoms with Crippen LogP contribution in [-0.2, 0) is 18.4 Å². The summed E-state index contributed by atoms with van der Waals surface area (Å²) in [5, 5.41) is 3.73. The number of rotatable bonds is 4. The zero-order valence-electron chi connectivity index (χ0n) is 16.2. The number of nitrogens with zero attached hydrogens (tertiary/aromatic N) is 5. The van der Waals surface area contributed by atoms with E-state index in [9.17, 15) is 18.4 Å². The Kier molecular flexibility index (Phi) is 5.06. The highest BCUT2D eigenvalue weighted by atomic mass is 19.3. The van der Waals surface area contributed by atoms with Gasteiger partial charge in [0.25, 0.3) is 12.3 Å². The van der Waals surface area contributed by atoms with Gasteiger partial charge in [0.2, 0.25) is 5.91 Å². The van der Waals surface area contributed by atoms with Gasteiger partial charge in [-0.05, 0) is 37.0 Å². The first-order valence-corrected chi connectivity index (χ1v) is 9.69. The molecule has 0 radical (unpaired) electrons. The van der Waals surface area contributed by atoms with Gasteiger partial charge < -0.3 is 9.80 Å². The minimum atomic E-state index is -2.82. The van der Waals surface area contributed by atoms with E-state index in [-0.39, 0.29) is 18.0 Å². The minimum absolute atomic E-state index is 0.0343. The van der Waals surface area contributed by atoms with Crippen molar-refractivity contribution in [1.82, 2.24) is 24.6 Å². The number of hydrogen-bond donors (Lipinski definition) is 0. The van der Waals surface area contributed by atoms with E-state index in [2.05, 4.69) is 10.1 Å². The van der Waals surface area contributed by atoms with Gasteiger partial charge in [-0.25, -0.2) is 8.78 Å². The lowest BCUT2D eigenvalue weighted by atomic mass is 9.78. The molecule has 0 saturated carbocycles. The molecule has 9 heteroatoms. The van der Waals surface area contributed by atoms with Crippen molar-refractivity contribution in [3.05, 3.63) is 47.5 Å². The molecule has 29 heavy (non-hydrogen) atoms. The molecule has 2 aromatic heterocycles. The Bertz CT molecular complexity index is 917. The quantitative estimate of drug-likeness (QED) is 0.786. The highest BCUT2D eigenvalue weighted by Gasteiger charge is 2.49. The smallest absolute Gasteiger partial charge is 0.282 e. The minimum Gasteiger partial charge on any atom is -0.338 e. The van der Waals surface area contributed by atoms with Crippen molar-refractivity contribution in [2.45, 2.75) is 32.2 Å². The fraction of sp³-hybridized carbons (Fsp3) is 0.500. The van der Waals surface area contributed by atoms with E-state index in [0.29, 0.717) is 38.9 Å². The monoisotopic (exact) mass is 403 g/mol. The second kappa shape index (κ2) is 7.53. The summed E-state index contributed by atoms with van der Waals surface area (Å²) in [5.74, 6) is -0.444. The number of aromatic nitrogens is 3. The number of piperidine rings is 1. The molecule has 0 aromatic carbocycles. The molecule has 2 fully saturated rings. The van der Waals surface area contributed by atoms with Gasteiger partial charge in [-0.1, -0.05) is 0 Å². The molecule has 1 unspecified atom stereocenters. The topological polar surface area (TPSA) is 71.3 Å². The number of pyridine rings is 1. The predicted octanol–water partition coefficient (Wildman–Crippen LogP) is 2.41. The highest BCUT2D eigenvalue weighted by molar-refractivity contribution is 5.96. The average molecular weight is 403 g/mol. The van der Waals surface area contributed by atoms with Crippen molar-refractivity contribution in [1.29, 1.82) is 0 Å². The molecule has 2 aliphatic heterocycles. The number of alkyl halides is 2. The second-order valence-electron chi connectivity index (χ2n) is 7.85. The van der Waals surface area contributed by atoms with Gasteiger partial charge in [-0.3, -0.25) is 19.3 Å². The molecule has 0 bridgehead atoms. The summed E-state index contributed by atoms with van der Waals surface area (Å²) in [6.45, 7) is 1.85. The Morgan fingerprint density at radius 1 is 1.24 bits per heavy atom. The molecule has 2 amide bonds. The Hall–Kier alpha value is -2.84. The number of carbonyl (C=O) groups is 2. The number of amides is 2. The van der Waals surface area contributed by atoms with Crippen molar-refractivity contribution < 1.29 is 18.4 Å². The predicted molar refractivity (Wildman–Crippen MR) is 100 cm³/mol. The molecule has 4 rings (SSSR count).